The summed E-state index contributed by atoms with van der Waals surface area (Å²) in [5, 5.41) is 0. The van der Waals surface area contributed by atoms with Crippen molar-refractivity contribution in [1.82, 2.24) is 0 Å². The summed E-state index contributed by atoms with van der Waals surface area (Å²) in [5.74, 6) is 0.924. The van der Waals surface area contributed by atoms with Crippen molar-refractivity contribution in [2.24, 2.45) is 0 Å². The molecule has 0 amide bonds. The molecule has 0 heterocycles. The van der Waals surface area contributed by atoms with Gasteiger partial charge in [0.2, 0.25) is 0 Å². The number of benzene rings is 1. The van der Waals surface area contributed by atoms with Gasteiger partial charge >= 0.3 is 0 Å². The fourth-order valence-corrected chi connectivity index (χ4v) is 2.95. The topological polar surface area (TPSA) is 27.7 Å². The van der Waals surface area contributed by atoms with Crippen molar-refractivity contribution in [3.63, 3.8) is 0 Å². The van der Waals surface area contributed by atoms with Gasteiger partial charge in [0.05, 0.1) is 13.2 Å². The van der Waals surface area contributed by atoms with E-state index in [2.05, 4.69) is 41.9 Å². The second kappa shape index (κ2) is 6.73. The van der Waals surface area contributed by atoms with Crippen LogP contribution in [0.15, 0.2) is 18.2 Å². The van der Waals surface area contributed by atoms with Gasteiger partial charge in [0.1, 0.15) is 18.0 Å². The molecule has 0 aliphatic heterocycles. The Hall–Kier alpha value is -0.580. The Kier molecular flexibility index (Phi) is 5.25. The minimum Gasteiger partial charge on any atom is -0.488 e. The van der Waals surface area contributed by atoms with E-state index in [1.54, 1.807) is 7.11 Å². The van der Waals surface area contributed by atoms with Crippen molar-refractivity contribution in [2.45, 2.75) is 37.3 Å². The predicted molar refractivity (Wildman–Crippen MR) is 79.3 cm³/mol. The summed E-state index contributed by atoms with van der Waals surface area (Å²) in [4.78, 5) is 0.376. The second-order valence-corrected chi connectivity index (χ2v) is 6.16. The molecule has 19 heavy (non-hydrogen) atoms. The first-order valence-electron chi connectivity index (χ1n) is 6.60. The minimum absolute atomic E-state index is 0.108. The molecule has 1 aromatic rings. The number of aryl methyl sites for hydroxylation is 2. The lowest BCUT2D eigenvalue weighted by atomic mass is 9.91. The molecule has 3 unspecified atom stereocenters. The number of alkyl halides is 1. The number of ether oxygens (including phenoxy) is 3. The van der Waals surface area contributed by atoms with Gasteiger partial charge < -0.3 is 14.2 Å². The zero-order valence-electron chi connectivity index (χ0n) is 11.7. The number of hydrogen-bond donors (Lipinski definition) is 0. The Morgan fingerprint density at radius 2 is 2.00 bits per heavy atom. The summed E-state index contributed by atoms with van der Waals surface area (Å²) < 4.78 is 16.8. The highest BCUT2D eigenvalue weighted by Gasteiger charge is 2.42. The van der Waals surface area contributed by atoms with E-state index in [4.69, 9.17) is 14.2 Å². The van der Waals surface area contributed by atoms with Crippen LogP contribution in [0.4, 0.5) is 0 Å². The highest BCUT2D eigenvalue weighted by atomic mass is 79.9. The van der Waals surface area contributed by atoms with Crippen LogP contribution in [0.1, 0.15) is 17.5 Å². The molecule has 106 valence electrons. The summed E-state index contributed by atoms with van der Waals surface area (Å²) in [6.07, 6.45) is 1.21. The smallest absolute Gasteiger partial charge is 0.127 e. The molecule has 1 aliphatic carbocycles. The maximum Gasteiger partial charge on any atom is 0.127 e. The van der Waals surface area contributed by atoms with E-state index in [1.165, 1.54) is 11.1 Å². The van der Waals surface area contributed by atoms with Gasteiger partial charge in [-0.15, -0.1) is 0 Å². The summed E-state index contributed by atoms with van der Waals surface area (Å²) >= 11 is 3.61. The normalized spacial score (nSPS) is 26.0. The maximum absolute atomic E-state index is 6.00. The Balaban J connectivity index is 1.89. The van der Waals surface area contributed by atoms with E-state index in [9.17, 15) is 0 Å². The zero-order chi connectivity index (χ0) is 13.8. The minimum atomic E-state index is 0.108. The molecular formula is C15H21BrO3. The highest BCUT2D eigenvalue weighted by Crippen LogP contribution is 2.34. The third kappa shape index (κ3) is 3.71. The van der Waals surface area contributed by atoms with Gasteiger partial charge in [-0.1, -0.05) is 22.0 Å². The Morgan fingerprint density at radius 1 is 1.21 bits per heavy atom. The molecule has 3 atom stereocenters. The lowest BCUT2D eigenvalue weighted by Crippen LogP contribution is -2.52. The van der Waals surface area contributed by atoms with Gasteiger partial charge in [0.15, 0.2) is 0 Å². The molecule has 1 fully saturated rings. The Bertz CT molecular complexity index is 422. The Morgan fingerprint density at radius 3 is 2.63 bits per heavy atom. The zero-order valence-corrected chi connectivity index (χ0v) is 13.3. The third-order valence-electron chi connectivity index (χ3n) is 3.54. The van der Waals surface area contributed by atoms with Gasteiger partial charge in [0.25, 0.3) is 0 Å². The van der Waals surface area contributed by atoms with E-state index in [0.717, 1.165) is 12.2 Å². The van der Waals surface area contributed by atoms with Crippen LogP contribution >= 0.6 is 15.9 Å². The molecule has 2 rings (SSSR count). The quantitative estimate of drug-likeness (QED) is 0.592. The van der Waals surface area contributed by atoms with Crippen molar-refractivity contribution in [3.8, 4) is 5.75 Å². The van der Waals surface area contributed by atoms with Crippen LogP contribution in [0.5, 0.6) is 5.75 Å². The van der Waals surface area contributed by atoms with Gasteiger partial charge in [-0.25, -0.2) is 0 Å². The molecule has 1 aromatic carbocycles. The lowest BCUT2D eigenvalue weighted by Gasteiger charge is -2.41. The predicted octanol–water partition coefficient (Wildman–Crippen LogP) is 3.25. The van der Waals surface area contributed by atoms with Crippen molar-refractivity contribution in [3.05, 3.63) is 29.3 Å². The largest absolute Gasteiger partial charge is 0.488 e. The number of halogens is 1. The van der Waals surface area contributed by atoms with Crippen LogP contribution in [-0.4, -0.2) is 37.4 Å². The first-order valence-corrected chi connectivity index (χ1v) is 7.52. The SMILES string of the molecule is COCCOC1C(Br)CC1Oc1ccc(C)c(C)c1. The second-order valence-electron chi connectivity index (χ2n) is 4.98. The molecule has 1 aliphatic rings. The van der Waals surface area contributed by atoms with Crippen molar-refractivity contribution >= 4 is 15.9 Å². The molecule has 0 bridgehead atoms. The molecule has 0 aromatic heterocycles. The summed E-state index contributed by atoms with van der Waals surface area (Å²) in [6.45, 7) is 5.43. The van der Waals surface area contributed by atoms with Crippen LogP contribution in [0, 0.1) is 13.8 Å². The van der Waals surface area contributed by atoms with Crippen LogP contribution in [0.2, 0.25) is 0 Å². The molecule has 3 nitrogen and oxygen atoms in total. The van der Waals surface area contributed by atoms with Crippen LogP contribution in [-0.2, 0) is 9.47 Å². The Labute approximate surface area is 123 Å². The number of methoxy groups -OCH3 is 1. The van der Waals surface area contributed by atoms with Crippen LogP contribution in [0.3, 0.4) is 0 Å². The molecule has 4 heteroatoms. The average molecular weight is 329 g/mol. The highest BCUT2D eigenvalue weighted by molar-refractivity contribution is 9.09. The van der Waals surface area contributed by atoms with E-state index in [1.807, 2.05) is 6.07 Å². The first kappa shape index (κ1) is 14.8. The van der Waals surface area contributed by atoms with E-state index in [-0.39, 0.29) is 12.2 Å². The van der Waals surface area contributed by atoms with Gasteiger partial charge in [-0.05, 0) is 37.1 Å². The van der Waals surface area contributed by atoms with E-state index < -0.39 is 0 Å². The van der Waals surface area contributed by atoms with Crippen molar-refractivity contribution in [1.29, 1.82) is 0 Å². The van der Waals surface area contributed by atoms with E-state index >= 15 is 0 Å². The van der Waals surface area contributed by atoms with E-state index in [0.29, 0.717) is 18.0 Å². The average Bonchev–Trinajstić information content (AvgIpc) is 2.38. The first-order chi connectivity index (χ1) is 9.11. The number of rotatable bonds is 6. The molecule has 0 spiro atoms. The maximum atomic E-state index is 6.00. The third-order valence-corrected chi connectivity index (χ3v) is 4.44. The van der Waals surface area contributed by atoms with Crippen molar-refractivity contribution in [2.75, 3.05) is 20.3 Å². The summed E-state index contributed by atoms with van der Waals surface area (Å²) in [5.41, 5.74) is 2.54. The van der Waals surface area contributed by atoms with Gasteiger partial charge in [0, 0.05) is 18.4 Å². The standard InChI is InChI=1S/C15H21BrO3/c1-10-4-5-12(8-11(10)2)19-14-9-13(16)15(14)18-7-6-17-3/h4-5,8,13-15H,6-7,9H2,1-3H3. The molecule has 0 N–H and O–H groups in total. The van der Waals surface area contributed by atoms with Crippen LogP contribution < -0.4 is 4.74 Å². The summed E-state index contributed by atoms with van der Waals surface area (Å²) in [7, 11) is 1.68. The summed E-state index contributed by atoms with van der Waals surface area (Å²) in [6, 6.07) is 6.20. The van der Waals surface area contributed by atoms with Crippen molar-refractivity contribution < 1.29 is 14.2 Å². The fourth-order valence-electron chi connectivity index (χ4n) is 2.08. The lowest BCUT2D eigenvalue weighted by molar-refractivity contribution is -0.0865. The monoisotopic (exact) mass is 328 g/mol. The van der Waals surface area contributed by atoms with Gasteiger partial charge in [-0.3, -0.25) is 0 Å². The van der Waals surface area contributed by atoms with Gasteiger partial charge in [-0.2, -0.15) is 0 Å². The fraction of sp³-hybridized carbons (Fsp3) is 0.600. The molecular weight excluding hydrogens is 308 g/mol. The molecule has 0 radical (unpaired) electrons. The molecule has 1 saturated carbocycles. The van der Waals surface area contributed by atoms with Crippen LogP contribution in [0.25, 0.3) is 0 Å². The molecule has 0 saturated heterocycles. The number of hydrogen-bond acceptors (Lipinski definition) is 3.